The molecule has 1 aromatic carbocycles. The third kappa shape index (κ3) is 5.62. The Morgan fingerprint density at radius 3 is 2.59 bits per heavy atom. The Balaban J connectivity index is 1.85. The van der Waals surface area contributed by atoms with E-state index in [4.69, 9.17) is 4.74 Å². The van der Waals surface area contributed by atoms with Crippen molar-refractivity contribution in [2.75, 3.05) is 13.2 Å². The zero-order valence-electron chi connectivity index (χ0n) is 12.9. The number of ketones is 1. The lowest BCUT2D eigenvalue weighted by Crippen LogP contribution is -2.04. The summed E-state index contributed by atoms with van der Waals surface area (Å²) in [6, 6.07) is 12.3. The smallest absolute Gasteiger partial charge is 0.181 e. The van der Waals surface area contributed by atoms with Crippen molar-refractivity contribution in [2.45, 2.75) is 19.8 Å². The number of nitrogens with zero attached hydrogens (tertiary/aromatic N) is 1. The summed E-state index contributed by atoms with van der Waals surface area (Å²) in [6.45, 7) is 2.59. The first-order valence-electron chi connectivity index (χ1n) is 7.54. The molecule has 0 saturated carbocycles. The van der Waals surface area contributed by atoms with E-state index >= 15 is 0 Å². The largest absolute Gasteiger partial charge is 0.374 e. The van der Waals surface area contributed by atoms with Crippen LogP contribution in [0.15, 0.2) is 54.9 Å². The van der Waals surface area contributed by atoms with E-state index in [-0.39, 0.29) is 12.4 Å². The van der Waals surface area contributed by atoms with Gasteiger partial charge in [0.25, 0.3) is 0 Å². The summed E-state index contributed by atoms with van der Waals surface area (Å²) in [5.74, 6) is -0.0116. The molecule has 22 heavy (non-hydrogen) atoms. The Hall–Kier alpha value is -2.26. The van der Waals surface area contributed by atoms with Crippen LogP contribution in [0.2, 0.25) is 0 Å². The maximum atomic E-state index is 11.5. The number of carbonyl (C=O) groups is 1. The van der Waals surface area contributed by atoms with Gasteiger partial charge in [0.15, 0.2) is 5.78 Å². The van der Waals surface area contributed by atoms with E-state index in [0.29, 0.717) is 6.61 Å². The summed E-state index contributed by atoms with van der Waals surface area (Å²) in [5, 5.41) is 0. The van der Waals surface area contributed by atoms with Crippen molar-refractivity contribution in [1.29, 1.82) is 0 Å². The lowest BCUT2D eigenvalue weighted by molar-refractivity contribution is -0.118. The summed E-state index contributed by atoms with van der Waals surface area (Å²) in [6.07, 6.45) is 9.06. The first-order valence-corrected chi connectivity index (χ1v) is 7.54. The summed E-state index contributed by atoms with van der Waals surface area (Å²) in [7, 11) is 0. The molecule has 0 N–H and O–H groups in total. The summed E-state index contributed by atoms with van der Waals surface area (Å²) >= 11 is 0. The molecule has 0 aliphatic carbocycles. The topological polar surface area (TPSA) is 39.2 Å². The number of aryl methyl sites for hydroxylation is 2. The van der Waals surface area contributed by atoms with E-state index in [9.17, 15) is 4.79 Å². The van der Waals surface area contributed by atoms with E-state index in [0.717, 1.165) is 18.4 Å². The molecule has 0 atom stereocenters. The Labute approximate surface area is 131 Å². The van der Waals surface area contributed by atoms with Crippen molar-refractivity contribution in [3.05, 3.63) is 71.6 Å². The van der Waals surface area contributed by atoms with Crippen LogP contribution in [0, 0.1) is 0 Å². The number of rotatable bonds is 8. The number of benzene rings is 1. The molecule has 0 unspecified atom stereocenters. The van der Waals surface area contributed by atoms with Crippen LogP contribution in [0.1, 0.15) is 23.6 Å². The number of pyridine rings is 1. The summed E-state index contributed by atoms with van der Waals surface area (Å²) in [5.41, 5.74) is 3.55. The minimum atomic E-state index is -0.0116. The monoisotopic (exact) mass is 295 g/mol. The van der Waals surface area contributed by atoms with Crippen LogP contribution in [0.5, 0.6) is 0 Å². The normalized spacial score (nSPS) is 11.0. The quantitative estimate of drug-likeness (QED) is 0.700. The zero-order chi connectivity index (χ0) is 15.6. The predicted octanol–water partition coefficient (Wildman–Crippen LogP) is 3.49. The third-order valence-electron chi connectivity index (χ3n) is 3.31. The molecule has 1 aromatic heterocycles. The van der Waals surface area contributed by atoms with Gasteiger partial charge >= 0.3 is 0 Å². The summed E-state index contributed by atoms with van der Waals surface area (Å²) in [4.78, 5) is 15.6. The second-order valence-electron chi connectivity index (χ2n) is 5.04. The van der Waals surface area contributed by atoms with Crippen LogP contribution in [0.4, 0.5) is 0 Å². The molecule has 0 bridgehead atoms. The van der Waals surface area contributed by atoms with Crippen molar-refractivity contribution >= 4 is 11.9 Å². The van der Waals surface area contributed by atoms with E-state index in [1.54, 1.807) is 12.3 Å². The van der Waals surface area contributed by atoms with Gasteiger partial charge in [-0.2, -0.15) is 0 Å². The molecule has 0 aliphatic heterocycles. The molecule has 3 heteroatoms. The van der Waals surface area contributed by atoms with E-state index in [2.05, 4.69) is 23.2 Å². The fraction of sp³-hybridized carbons (Fsp3) is 0.263. The molecule has 0 saturated heterocycles. The molecule has 2 rings (SSSR count). The van der Waals surface area contributed by atoms with Gasteiger partial charge in [-0.3, -0.25) is 9.78 Å². The van der Waals surface area contributed by atoms with Gasteiger partial charge in [0, 0.05) is 19.0 Å². The van der Waals surface area contributed by atoms with Gasteiger partial charge in [-0.05, 0) is 48.6 Å². The minimum absolute atomic E-state index is 0.0116. The SMILES string of the molecule is CCOCC(=O)/C=C/c1ccc(CCc2cccnc2)cc1. The fourth-order valence-corrected chi connectivity index (χ4v) is 2.07. The Kier molecular flexibility index (Phi) is 6.52. The second kappa shape index (κ2) is 8.90. The number of ether oxygens (including phenoxy) is 1. The Bertz CT molecular complexity index is 603. The summed E-state index contributed by atoms with van der Waals surface area (Å²) < 4.78 is 5.07. The van der Waals surface area contributed by atoms with Gasteiger partial charge in [0.1, 0.15) is 6.61 Å². The van der Waals surface area contributed by atoms with Crippen molar-refractivity contribution < 1.29 is 9.53 Å². The molecule has 0 amide bonds. The predicted molar refractivity (Wildman–Crippen MR) is 88.6 cm³/mol. The van der Waals surface area contributed by atoms with E-state index in [1.807, 2.05) is 37.4 Å². The number of aromatic nitrogens is 1. The fourth-order valence-electron chi connectivity index (χ4n) is 2.07. The average Bonchev–Trinajstić information content (AvgIpc) is 2.58. The standard InChI is InChI=1S/C19H21NO2/c1-2-22-15-19(21)12-11-17-7-5-16(6-8-17)9-10-18-4-3-13-20-14-18/h3-8,11-14H,2,9-10,15H2,1H3/b12-11+. The van der Waals surface area contributed by atoms with Crippen LogP contribution in [-0.4, -0.2) is 24.0 Å². The van der Waals surface area contributed by atoms with Gasteiger partial charge in [0.05, 0.1) is 0 Å². The second-order valence-corrected chi connectivity index (χ2v) is 5.04. The van der Waals surface area contributed by atoms with E-state index in [1.165, 1.54) is 11.1 Å². The average molecular weight is 295 g/mol. The molecular formula is C19H21NO2. The molecular weight excluding hydrogens is 274 g/mol. The van der Waals surface area contributed by atoms with Crippen molar-refractivity contribution in [2.24, 2.45) is 0 Å². The number of hydrogen-bond donors (Lipinski definition) is 0. The van der Waals surface area contributed by atoms with Crippen LogP contribution in [0.3, 0.4) is 0 Å². The van der Waals surface area contributed by atoms with Crippen LogP contribution in [0.25, 0.3) is 6.08 Å². The van der Waals surface area contributed by atoms with Crippen LogP contribution >= 0.6 is 0 Å². The lowest BCUT2D eigenvalue weighted by atomic mass is 10.0. The first kappa shape index (κ1) is 16.1. The molecule has 0 fully saturated rings. The Morgan fingerprint density at radius 2 is 1.91 bits per heavy atom. The van der Waals surface area contributed by atoms with Gasteiger partial charge in [-0.15, -0.1) is 0 Å². The molecule has 0 aliphatic rings. The van der Waals surface area contributed by atoms with Crippen LogP contribution < -0.4 is 0 Å². The van der Waals surface area contributed by atoms with Crippen molar-refractivity contribution in [1.82, 2.24) is 4.98 Å². The first-order chi connectivity index (χ1) is 10.8. The van der Waals surface area contributed by atoms with Crippen molar-refractivity contribution in [3.8, 4) is 0 Å². The highest BCUT2D eigenvalue weighted by Crippen LogP contribution is 2.09. The van der Waals surface area contributed by atoms with E-state index < -0.39 is 0 Å². The molecule has 0 radical (unpaired) electrons. The number of hydrogen-bond acceptors (Lipinski definition) is 3. The molecule has 2 aromatic rings. The number of carbonyl (C=O) groups excluding carboxylic acids is 1. The molecule has 114 valence electrons. The highest BCUT2D eigenvalue weighted by molar-refractivity contribution is 5.94. The highest BCUT2D eigenvalue weighted by atomic mass is 16.5. The zero-order valence-corrected chi connectivity index (χ0v) is 12.9. The van der Waals surface area contributed by atoms with Gasteiger partial charge in [-0.1, -0.05) is 36.4 Å². The maximum absolute atomic E-state index is 11.5. The molecule has 0 spiro atoms. The minimum Gasteiger partial charge on any atom is -0.374 e. The van der Waals surface area contributed by atoms with Gasteiger partial charge in [0.2, 0.25) is 0 Å². The van der Waals surface area contributed by atoms with Gasteiger partial charge < -0.3 is 4.74 Å². The Morgan fingerprint density at radius 1 is 1.14 bits per heavy atom. The highest BCUT2D eigenvalue weighted by Gasteiger charge is 1.98. The van der Waals surface area contributed by atoms with Crippen LogP contribution in [-0.2, 0) is 22.4 Å². The maximum Gasteiger partial charge on any atom is 0.181 e. The lowest BCUT2D eigenvalue weighted by Gasteiger charge is -2.02. The molecule has 3 nitrogen and oxygen atoms in total. The van der Waals surface area contributed by atoms with Crippen molar-refractivity contribution in [3.63, 3.8) is 0 Å². The van der Waals surface area contributed by atoms with Gasteiger partial charge in [-0.25, -0.2) is 0 Å². The third-order valence-corrected chi connectivity index (χ3v) is 3.31. The molecule has 1 heterocycles.